The van der Waals surface area contributed by atoms with Gasteiger partial charge in [-0.1, -0.05) is 18.2 Å². The van der Waals surface area contributed by atoms with Crippen molar-refractivity contribution >= 4 is 16.9 Å². The summed E-state index contributed by atoms with van der Waals surface area (Å²) in [5, 5.41) is 21.2. The number of amides is 1. The molecule has 5 rings (SSSR count). The van der Waals surface area contributed by atoms with Crippen LogP contribution in [-0.4, -0.2) is 67.4 Å². The molecule has 1 aromatic carbocycles. The second-order valence-corrected chi connectivity index (χ2v) is 10.7. The first-order valence-corrected chi connectivity index (χ1v) is 12.6. The number of carbonyl (C=O) groups excluding carboxylic acids is 1. The minimum atomic E-state index is -4.53. The molecule has 0 radical (unpaired) electrons. The Labute approximate surface area is 223 Å². The van der Waals surface area contributed by atoms with Gasteiger partial charge >= 0.3 is 6.18 Å². The Hall–Kier alpha value is -3.83. The topological polar surface area (TPSA) is 107 Å². The number of carbonyl (C=O) groups is 1. The molecule has 204 valence electrons. The number of β-amino-alcohol motifs (C(OH)–C–C–N with tert-alkyl or cyclic N) is 1. The zero-order valence-electron chi connectivity index (χ0n) is 21.8. The number of hydrogen-bond acceptors (Lipinski definition) is 6. The molecule has 0 aliphatic carbocycles. The van der Waals surface area contributed by atoms with Gasteiger partial charge in [0.25, 0.3) is 5.91 Å². The Bertz CT molecular complexity index is 1510. The number of halogens is 3. The second-order valence-electron chi connectivity index (χ2n) is 10.7. The summed E-state index contributed by atoms with van der Waals surface area (Å²) in [4.78, 5) is 23.9. The van der Waals surface area contributed by atoms with Crippen LogP contribution in [0.15, 0.2) is 54.9 Å². The molecular formula is C28H29F3N6O2. The SMILES string of the molecule is Cc1cc(-c2n[nH]c3ncc(C(=O)N[C@H]4CN(CC(C)(C)O)C[C@@H]4c4ccccc4C(F)(F)F)cc23)ccn1. The van der Waals surface area contributed by atoms with E-state index in [4.69, 9.17) is 0 Å². The number of aryl methyl sites for hydroxylation is 1. The third-order valence-corrected chi connectivity index (χ3v) is 6.84. The van der Waals surface area contributed by atoms with Crippen LogP contribution in [0.5, 0.6) is 0 Å². The number of likely N-dealkylation sites (tertiary alicyclic amines) is 1. The van der Waals surface area contributed by atoms with Crippen molar-refractivity contribution in [3.05, 3.63) is 77.2 Å². The Morgan fingerprint density at radius 1 is 1.15 bits per heavy atom. The number of rotatable bonds is 6. The zero-order chi connectivity index (χ0) is 27.9. The third kappa shape index (κ3) is 5.79. The van der Waals surface area contributed by atoms with E-state index in [-0.39, 0.29) is 30.8 Å². The highest BCUT2D eigenvalue weighted by molar-refractivity contribution is 6.00. The average molecular weight is 539 g/mol. The highest BCUT2D eigenvalue weighted by Crippen LogP contribution is 2.39. The number of benzene rings is 1. The molecule has 1 amide bonds. The average Bonchev–Trinajstić information content (AvgIpc) is 3.45. The van der Waals surface area contributed by atoms with Crippen molar-refractivity contribution in [2.45, 2.75) is 44.5 Å². The molecule has 0 unspecified atom stereocenters. The predicted molar refractivity (Wildman–Crippen MR) is 140 cm³/mol. The number of nitrogens with one attached hydrogen (secondary N) is 2. The van der Waals surface area contributed by atoms with Crippen LogP contribution < -0.4 is 5.32 Å². The minimum absolute atomic E-state index is 0.118. The van der Waals surface area contributed by atoms with Gasteiger partial charge in [-0.25, -0.2) is 4.98 Å². The predicted octanol–water partition coefficient (Wildman–Crippen LogP) is 4.32. The van der Waals surface area contributed by atoms with E-state index >= 15 is 0 Å². The van der Waals surface area contributed by atoms with Crippen molar-refractivity contribution in [1.82, 2.24) is 30.4 Å². The molecule has 1 aliphatic rings. The zero-order valence-corrected chi connectivity index (χ0v) is 21.8. The summed E-state index contributed by atoms with van der Waals surface area (Å²) in [6, 6.07) is 10.2. The molecule has 3 aromatic heterocycles. The molecule has 4 heterocycles. The largest absolute Gasteiger partial charge is 0.416 e. The second kappa shape index (κ2) is 10.0. The lowest BCUT2D eigenvalue weighted by molar-refractivity contribution is -0.138. The minimum Gasteiger partial charge on any atom is -0.389 e. The first-order chi connectivity index (χ1) is 18.4. The summed E-state index contributed by atoms with van der Waals surface area (Å²) in [6.45, 7) is 5.95. The number of alkyl halides is 3. The van der Waals surface area contributed by atoms with E-state index in [0.717, 1.165) is 17.3 Å². The Morgan fingerprint density at radius 2 is 1.92 bits per heavy atom. The first-order valence-electron chi connectivity index (χ1n) is 12.6. The van der Waals surface area contributed by atoms with E-state index in [9.17, 15) is 23.1 Å². The lowest BCUT2D eigenvalue weighted by Gasteiger charge is -2.25. The number of aliphatic hydroxyl groups is 1. The van der Waals surface area contributed by atoms with Crippen LogP contribution in [-0.2, 0) is 6.18 Å². The molecule has 39 heavy (non-hydrogen) atoms. The molecule has 11 heteroatoms. The molecule has 1 aliphatic heterocycles. The van der Waals surface area contributed by atoms with Crippen LogP contribution >= 0.6 is 0 Å². The molecule has 1 saturated heterocycles. The van der Waals surface area contributed by atoms with Gasteiger partial charge in [0.15, 0.2) is 5.65 Å². The van der Waals surface area contributed by atoms with E-state index in [1.165, 1.54) is 18.3 Å². The molecule has 0 saturated carbocycles. The summed E-state index contributed by atoms with van der Waals surface area (Å²) in [7, 11) is 0. The summed E-state index contributed by atoms with van der Waals surface area (Å²) >= 11 is 0. The molecule has 0 bridgehead atoms. The summed E-state index contributed by atoms with van der Waals surface area (Å²) < 4.78 is 41.6. The molecule has 3 N–H and O–H groups in total. The standard InChI is InChI=1S/C28H29F3N6O2/c1-16-10-17(8-9-32-16)24-20-11-18(12-33-25(20)36-35-24)26(38)34-23-14-37(15-27(2,3)39)13-21(23)19-6-4-5-7-22(19)28(29,30)31/h4-12,21,23,39H,13-15H2,1-3H3,(H,34,38)(H,33,35,36)/t21-,23+/m1/s1. The van der Waals surface area contributed by atoms with Crippen molar-refractivity contribution in [2.24, 2.45) is 0 Å². The van der Waals surface area contributed by atoms with Crippen molar-refractivity contribution in [1.29, 1.82) is 0 Å². The number of nitrogens with zero attached hydrogens (tertiary/aromatic N) is 4. The third-order valence-electron chi connectivity index (χ3n) is 6.84. The van der Waals surface area contributed by atoms with Crippen LogP contribution in [0.2, 0.25) is 0 Å². The normalized spacial score (nSPS) is 18.5. The van der Waals surface area contributed by atoms with Crippen molar-refractivity contribution in [3.8, 4) is 11.3 Å². The molecule has 2 atom stereocenters. The van der Waals surface area contributed by atoms with Crippen LogP contribution in [0.3, 0.4) is 0 Å². The maximum Gasteiger partial charge on any atom is 0.416 e. The number of hydrogen-bond donors (Lipinski definition) is 3. The van der Waals surface area contributed by atoms with Gasteiger partial charge in [-0.2, -0.15) is 18.3 Å². The lowest BCUT2D eigenvalue weighted by atomic mass is 9.90. The fourth-order valence-electron chi connectivity index (χ4n) is 5.29. The van der Waals surface area contributed by atoms with Gasteiger partial charge in [0, 0.05) is 60.6 Å². The van der Waals surface area contributed by atoms with E-state index in [1.54, 1.807) is 32.2 Å². The van der Waals surface area contributed by atoms with Crippen LogP contribution in [0.1, 0.15) is 46.9 Å². The molecule has 4 aromatic rings. The summed E-state index contributed by atoms with van der Waals surface area (Å²) in [6.07, 6.45) is -1.44. The Morgan fingerprint density at radius 3 is 2.64 bits per heavy atom. The smallest absolute Gasteiger partial charge is 0.389 e. The molecular weight excluding hydrogens is 509 g/mol. The maximum atomic E-state index is 13.9. The van der Waals surface area contributed by atoms with E-state index in [1.807, 2.05) is 24.0 Å². The molecule has 8 nitrogen and oxygen atoms in total. The van der Waals surface area contributed by atoms with Gasteiger partial charge in [-0.15, -0.1) is 0 Å². The number of fused-ring (bicyclic) bond motifs is 1. The quantitative estimate of drug-likeness (QED) is 0.338. The van der Waals surface area contributed by atoms with Crippen LogP contribution in [0, 0.1) is 6.92 Å². The van der Waals surface area contributed by atoms with Gasteiger partial charge in [0.05, 0.1) is 16.7 Å². The van der Waals surface area contributed by atoms with Gasteiger partial charge in [0.1, 0.15) is 5.69 Å². The number of aromatic amines is 1. The van der Waals surface area contributed by atoms with E-state index in [0.29, 0.717) is 16.7 Å². The van der Waals surface area contributed by atoms with Crippen molar-refractivity contribution in [2.75, 3.05) is 19.6 Å². The molecule has 1 fully saturated rings. The van der Waals surface area contributed by atoms with Gasteiger partial charge in [-0.3, -0.25) is 19.8 Å². The van der Waals surface area contributed by atoms with Crippen LogP contribution in [0.25, 0.3) is 22.3 Å². The maximum absolute atomic E-state index is 13.9. The summed E-state index contributed by atoms with van der Waals surface area (Å²) in [5.74, 6) is -1.08. The van der Waals surface area contributed by atoms with E-state index in [2.05, 4.69) is 25.5 Å². The number of H-pyrrole nitrogens is 1. The lowest BCUT2D eigenvalue weighted by Crippen LogP contribution is -2.42. The van der Waals surface area contributed by atoms with E-state index < -0.39 is 35.2 Å². The number of pyridine rings is 2. The van der Waals surface area contributed by atoms with Crippen LogP contribution in [0.4, 0.5) is 13.2 Å². The van der Waals surface area contributed by atoms with Gasteiger partial charge in [-0.05, 0) is 50.6 Å². The van der Waals surface area contributed by atoms with Gasteiger partial charge in [0.2, 0.25) is 0 Å². The highest BCUT2D eigenvalue weighted by Gasteiger charge is 2.42. The van der Waals surface area contributed by atoms with Crippen molar-refractivity contribution < 1.29 is 23.1 Å². The fraction of sp³-hybridized carbons (Fsp3) is 0.357. The molecule has 0 spiro atoms. The number of aromatic nitrogens is 4. The fourth-order valence-corrected chi connectivity index (χ4v) is 5.29. The first kappa shape index (κ1) is 26.8. The Kier molecular flexibility index (Phi) is 6.90. The Balaban J connectivity index is 1.46. The van der Waals surface area contributed by atoms with Crippen molar-refractivity contribution in [3.63, 3.8) is 0 Å². The highest BCUT2D eigenvalue weighted by atomic mass is 19.4. The summed E-state index contributed by atoms with van der Waals surface area (Å²) in [5.41, 5.74) is 1.36. The monoisotopic (exact) mass is 538 g/mol. The van der Waals surface area contributed by atoms with Gasteiger partial charge < -0.3 is 10.4 Å².